The van der Waals surface area contributed by atoms with Crippen LogP contribution in [0.3, 0.4) is 0 Å². The van der Waals surface area contributed by atoms with E-state index in [9.17, 15) is 0 Å². The van der Waals surface area contributed by atoms with E-state index < -0.39 is 0 Å². The fourth-order valence-electron chi connectivity index (χ4n) is 2.98. The standard InChI is InChI=1S/C15H21N5/c1-19-7-3-4-12(19)9-20(2)15-13-8-11(16)5-6-14(13)17-10-18-15/h5-6,8,10,12H,3-4,7,9,16H2,1-2H3. The summed E-state index contributed by atoms with van der Waals surface area (Å²) in [6.07, 6.45) is 4.17. The molecule has 1 aliphatic rings. The lowest BCUT2D eigenvalue weighted by atomic mass is 10.2. The van der Waals surface area contributed by atoms with Crippen molar-refractivity contribution in [2.45, 2.75) is 18.9 Å². The van der Waals surface area contributed by atoms with Crippen LogP contribution in [0.15, 0.2) is 24.5 Å². The van der Waals surface area contributed by atoms with Crippen LogP contribution in [-0.2, 0) is 0 Å². The second kappa shape index (κ2) is 5.25. The van der Waals surface area contributed by atoms with E-state index in [1.165, 1.54) is 19.4 Å². The molecule has 2 N–H and O–H groups in total. The van der Waals surface area contributed by atoms with Crippen molar-refractivity contribution in [1.29, 1.82) is 0 Å². The molecule has 1 saturated heterocycles. The van der Waals surface area contributed by atoms with Gasteiger partial charge in [0.15, 0.2) is 0 Å². The zero-order valence-corrected chi connectivity index (χ0v) is 12.1. The highest BCUT2D eigenvalue weighted by atomic mass is 15.2. The maximum atomic E-state index is 5.90. The lowest BCUT2D eigenvalue weighted by molar-refractivity contribution is 0.314. The fourth-order valence-corrected chi connectivity index (χ4v) is 2.98. The number of likely N-dealkylation sites (tertiary alicyclic amines) is 1. The minimum atomic E-state index is 0.603. The van der Waals surface area contributed by atoms with Gasteiger partial charge in [-0.15, -0.1) is 0 Å². The summed E-state index contributed by atoms with van der Waals surface area (Å²) in [7, 11) is 4.29. The molecular formula is C15H21N5. The summed E-state index contributed by atoms with van der Waals surface area (Å²) >= 11 is 0. The highest BCUT2D eigenvalue weighted by Crippen LogP contribution is 2.25. The Morgan fingerprint density at radius 3 is 3.00 bits per heavy atom. The molecule has 0 saturated carbocycles. The van der Waals surface area contributed by atoms with E-state index in [0.717, 1.165) is 29.0 Å². The predicted octanol–water partition coefficient (Wildman–Crippen LogP) is 1.74. The second-order valence-corrected chi connectivity index (χ2v) is 5.63. The molecule has 2 heterocycles. The molecule has 2 aromatic rings. The van der Waals surface area contributed by atoms with Gasteiger partial charge in [-0.2, -0.15) is 0 Å². The van der Waals surface area contributed by atoms with Crippen molar-refractivity contribution in [3.05, 3.63) is 24.5 Å². The van der Waals surface area contributed by atoms with Crippen molar-refractivity contribution < 1.29 is 0 Å². The molecule has 5 nitrogen and oxygen atoms in total. The van der Waals surface area contributed by atoms with Crippen molar-refractivity contribution in [2.75, 3.05) is 37.8 Å². The lowest BCUT2D eigenvalue weighted by Gasteiger charge is -2.27. The summed E-state index contributed by atoms with van der Waals surface area (Å²) in [6.45, 7) is 2.17. The third-order valence-corrected chi connectivity index (χ3v) is 4.16. The van der Waals surface area contributed by atoms with Crippen molar-refractivity contribution in [1.82, 2.24) is 14.9 Å². The molecule has 106 valence electrons. The van der Waals surface area contributed by atoms with Crippen molar-refractivity contribution in [3.8, 4) is 0 Å². The van der Waals surface area contributed by atoms with Gasteiger partial charge < -0.3 is 15.5 Å². The monoisotopic (exact) mass is 271 g/mol. The van der Waals surface area contributed by atoms with Gasteiger partial charge in [0.05, 0.1) is 5.52 Å². The minimum Gasteiger partial charge on any atom is -0.399 e. The van der Waals surface area contributed by atoms with Crippen LogP contribution < -0.4 is 10.6 Å². The second-order valence-electron chi connectivity index (χ2n) is 5.63. The number of nitrogen functional groups attached to an aromatic ring is 1. The molecule has 1 unspecified atom stereocenters. The van der Waals surface area contributed by atoms with Crippen LogP contribution in [-0.4, -0.2) is 48.1 Å². The quantitative estimate of drug-likeness (QED) is 0.862. The number of likely N-dealkylation sites (N-methyl/N-ethyl adjacent to an activating group) is 2. The number of nitrogens with two attached hydrogens (primary N) is 1. The molecule has 0 spiro atoms. The average Bonchev–Trinajstić information content (AvgIpc) is 2.83. The first kappa shape index (κ1) is 13.1. The van der Waals surface area contributed by atoms with Gasteiger partial charge in [0, 0.05) is 30.7 Å². The Balaban J connectivity index is 1.90. The molecule has 1 aromatic carbocycles. The molecule has 0 amide bonds. The van der Waals surface area contributed by atoms with Crippen LogP contribution >= 0.6 is 0 Å². The molecule has 3 rings (SSSR count). The van der Waals surface area contributed by atoms with E-state index in [4.69, 9.17) is 5.73 Å². The number of benzene rings is 1. The van der Waals surface area contributed by atoms with Crippen LogP contribution in [0.4, 0.5) is 11.5 Å². The molecule has 0 bridgehead atoms. The van der Waals surface area contributed by atoms with E-state index in [1.54, 1.807) is 6.33 Å². The van der Waals surface area contributed by atoms with Gasteiger partial charge in [-0.25, -0.2) is 9.97 Å². The molecule has 0 aliphatic carbocycles. The fraction of sp³-hybridized carbons (Fsp3) is 0.467. The zero-order chi connectivity index (χ0) is 14.1. The van der Waals surface area contributed by atoms with E-state index in [0.29, 0.717) is 6.04 Å². The first-order chi connectivity index (χ1) is 9.65. The van der Waals surface area contributed by atoms with E-state index in [2.05, 4.69) is 33.9 Å². The van der Waals surface area contributed by atoms with Crippen LogP contribution in [0.2, 0.25) is 0 Å². The summed E-state index contributed by atoms with van der Waals surface area (Å²) in [5.74, 6) is 0.961. The Morgan fingerprint density at radius 1 is 1.40 bits per heavy atom. The maximum absolute atomic E-state index is 5.90. The maximum Gasteiger partial charge on any atom is 0.139 e. The average molecular weight is 271 g/mol. The van der Waals surface area contributed by atoms with Gasteiger partial charge in [0.1, 0.15) is 12.1 Å². The van der Waals surface area contributed by atoms with Gasteiger partial charge in [0.2, 0.25) is 0 Å². The van der Waals surface area contributed by atoms with Gasteiger partial charge in [-0.05, 0) is 44.6 Å². The Labute approximate surface area is 119 Å². The normalized spacial score (nSPS) is 19.6. The molecule has 0 radical (unpaired) electrons. The smallest absolute Gasteiger partial charge is 0.139 e. The zero-order valence-electron chi connectivity index (χ0n) is 12.1. The number of anilines is 2. The van der Waals surface area contributed by atoms with Crippen LogP contribution in [0.1, 0.15) is 12.8 Å². The largest absolute Gasteiger partial charge is 0.399 e. The molecule has 1 atom stereocenters. The SMILES string of the molecule is CN(CC1CCCN1C)c1ncnc2ccc(N)cc12. The topological polar surface area (TPSA) is 58.3 Å². The van der Waals surface area contributed by atoms with Gasteiger partial charge in [-0.1, -0.05) is 0 Å². The van der Waals surface area contributed by atoms with Crippen molar-refractivity contribution in [2.24, 2.45) is 0 Å². The first-order valence-corrected chi connectivity index (χ1v) is 7.07. The van der Waals surface area contributed by atoms with Crippen LogP contribution in [0, 0.1) is 0 Å². The number of hydrogen-bond acceptors (Lipinski definition) is 5. The Bertz CT molecular complexity index is 612. The first-order valence-electron chi connectivity index (χ1n) is 7.07. The number of fused-ring (bicyclic) bond motifs is 1. The van der Waals surface area contributed by atoms with E-state index >= 15 is 0 Å². The number of rotatable bonds is 3. The van der Waals surface area contributed by atoms with Gasteiger partial charge in [-0.3, -0.25) is 0 Å². The van der Waals surface area contributed by atoms with Gasteiger partial charge >= 0.3 is 0 Å². The van der Waals surface area contributed by atoms with Crippen molar-refractivity contribution >= 4 is 22.4 Å². The molecule has 5 heteroatoms. The van der Waals surface area contributed by atoms with E-state index in [-0.39, 0.29) is 0 Å². The van der Waals surface area contributed by atoms with Crippen LogP contribution in [0.5, 0.6) is 0 Å². The van der Waals surface area contributed by atoms with Crippen LogP contribution in [0.25, 0.3) is 10.9 Å². The molecular weight excluding hydrogens is 250 g/mol. The Kier molecular flexibility index (Phi) is 3.44. The summed E-state index contributed by atoms with van der Waals surface area (Å²) in [6, 6.07) is 6.39. The Morgan fingerprint density at radius 2 is 2.25 bits per heavy atom. The van der Waals surface area contributed by atoms with Gasteiger partial charge in [0.25, 0.3) is 0 Å². The predicted molar refractivity (Wildman–Crippen MR) is 82.9 cm³/mol. The third kappa shape index (κ3) is 2.41. The highest BCUT2D eigenvalue weighted by molar-refractivity contribution is 5.91. The molecule has 1 aliphatic heterocycles. The minimum absolute atomic E-state index is 0.603. The highest BCUT2D eigenvalue weighted by Gasteiger charge is 2.23. The summed E-state index contributed by atoms with van der Waals surface area (Å²) in [4.78, 5) is 13.4. The number of hydrogen-bond donors (Lipinski definition) is 1. The Hall–Kier alpha value is -1.88. The number of aromatic nitrogens is 2. The number of nitrogens with zero attached hydrogens (tertiary/aromatic N) is 4. The summed E-state index contributed by atoms with van der Waals surface area (Å²) in [5, 5.41) is 1.02. The summed E-state index contributed by atoms with van der Waals surface area (Å²) in [5.41, 5.74) is 7.59. The summed E-state index contributed by atoms with van der Waals surface area (Å²) < 4.78 is 0. The molecule has 1 aromatic heterocycles. The van der Waals surface area contributed by atoms with Crippen molar-refractivity contribution in [3.63, 3.8) is 0 Å². The molecule has 1 fully saturated rings. The molecule has 20 heavy (non-hydrogen) atoms. The lowest BCUT2D eigenvalue weighted by Crippen LogP contribution is -2.37. The third-order valence-electron chi connectivity index (χ3n) is 4.16. The van der Waals surface area contributed by atoms with E-state index in [1.807, 2.05) is 18.2 Å².